The van der Waals surface area contributed by atoms with E-state index in [0.29, 0.717) is 6.54 Å². The van der Waals surface area contributed by atoms with Gasteiger partial charge in [-0.2, -0.15) is 0 Å². The molecule has 0 unspecified atom stereocenters. The first-order valence-corrected chi connectivity index (χ1v) is 11.0. The van der Waals surface area contributed by atoms with Crippen LogP contribution in [0, 0.1) is 0 Å². The summed E-state index contributed by atoms with van der Waals surface area (Å²) < 4.78 is 13.9. The second-order valence-corrected chi connectivity index (χ2v) is 7.77. The molecule has 0 spiro atoms. The van der Waals surface area contributed by atoms with Crippen LogP contribution in [0.15, 0.2) is 53.8 Å². The molecular weight excluding hydrogens is 517 g/mol. The Hall–Kier alpha value is -2.49. The fourth-order valence-electron chi connectivity index (χ4n) is 3.98. The summed E-state index contributed by atoms with van der Waals surface area (Å²) in [6.07, 6.45) is 9.85. The monoisotopic (exact) mass is 549 g/mol. The molecule has 1 fully saturated rings. The van der Waals surface area contributed by atoms with Gasteiger partial charge in [-0.15, -0.1) is 24.0 Å². The molecule has 8 heteroatoms. The maximum atomic E-state index is 6.33. The average Bonchev–Trinajstić information content (AvgIpc) is 3.46. The number of pyridine rings is 1. The van der Waals surface area contributed by atoms with E-state index in [1.54, 1.807) is 14.2 Å². The first-order valence-electron chi connectivity index (χ1n) is 11.0. The van der Waals surface area contributed by atoms with Gasteiger partial charge in [0.25, 0.3) is 0 Å². The molecule has 0 radical (unpaired) electrons. The number of nitrogens with zero attached hydrogens (tertiary/aromatic N) is 3. The Labute approximate surface area is 206 Å². The van der Waals surface area contributed by atoms with Gasteiger partial charge in [-0.05, 0) is 43.9 Å². The summed E-state index contributed by atoms with van der Waals surface area (Å²) in [5.74, 6) is 2.36. The number of guanidine groups is 1. The molecule has 7 nitrogen and oxygen atoms in total. The number of rotatable bonds is 8. The van der Waals surface area contributed by atoms with Crippen molar-refractivity contribution in [3.8, 4) is 11.5 Å². The molecule has 3 aromatic rings. The Morgan fingerprint density at radius 3 is 2.75 bits per heavy atom. The molecule has 2 N–H and O–H groups in total. The predicted molar refractivity (Wildman–Crippen MR) is 138 cm³/mol. The van der Waals surface area contributed by atoms with Gasteiger partial charge in [0.05, 0.1) is 18.9 Å². The van der Waals surface area contributed by atoms with E-state index < -0.39 is 0 Å². The highest BCUT2D eigenvalue weighted by Gasteiger charge is 2.20. The summed E-state index contributed by atoms with van der Waals surface area (Å²) in [7, 11) is 3.47. The van der Waals surface area contributed by atoms with Crippen LogP contribution < -0.4 is 20.1 Å². The lowest BCUT2D eigenvalue weighted by atomic mass is 10.1. The number of imidazole rings is 1. The summed E-state index contributed by atoms with van der Waals surface area (Å²) in [5, 5.41) is 6.76. The van der Waals surface area contributed by atoms with Crippen molar-refractivity contribution in [3.63, 3.8) is 0 Å². The molecule has 1 saturated carbocycles. The van der Waals surface area contributed by atoms with Crippen LogP contribution in [0.2, 0.25) is 0 Å². The zero-order valence-electron chi connectivity index (χ0n) is 18.7. The summed E-state index contributed by atoms with van der Waals surface area (Å²) in [4.78, 5) is 8.99. The van der Waals surface area contributed by atoms with Crippen molar-refractivity contribution in [2.24, 2.45) is 4.99 Å². The van der Waals surface area contributed by atoms with Crippen molar-refractivity contribution in [1.82, 2.24) is 20.0 Å². The second kappa shape index (κ2) is 11.9. The summed E-state index contributed by atoms with van der Waals surface area (Å²) >= 11 is 0. The Kier molecular flexibility index (Phi) is 9.01. The molecule has 0 amide bonds. The molecule has 32 heavy (non-hydrogen) atoms. The minimum atomic E-state index is 0. The Bertz CT molecular complexity index is 997. The van der Waals surface area contributed by atoms with E-state index in [4.69, 9.17) is 9.47 Å². The lowest BCUT2D eigenvalue weighted by Gasteiger charge is -2.20. The predicted octanol–water partition coefficient (Wildman–Crippen LogP) is 4.19. The number of nitrogens with one attached hydrogen (secondary N) is 2. The number of aromatic nitrogens is 2. The number of ether oxygens (including phenoxy) is 2. The number of hydrogen-bond acceptors (Lipinski definition) is 4. The molecule has 0 bridgehead atoms. The van der Waals surface area contributed by atoms with Gasteiger partial charge in [0.1, 0.15) is 5.65 Å². The Balaban J connectivity index is 0.00000289. The number of methoxy groups -OCH3 is 1. The highest BCUT2D eigenvalue weighted by molar-refractivity contribution is 14.0. The number of aliphatic imine (C=N–C) groups is 1. The maximum Gasteiger partial charge on any atom is 0.191 e. The smallest absolute Gasteiger partial charge is 0.191 e. The third-order valence-electron chi connectivity index (χ3n) is 5.62. The number of para-hydroxylation sites is 1. The fraction of sp³-hybridized carbons (Fsp3) is 0.417. The van der Waals surface area contributed by atoms with E-state index >= 15 is 0 Å². The summed E-state index contributed by atoms with van der Waals surface area (Å²) in [5.41, 5.74) is 3.08. The van der Waals surface area contributed by atoms with Crippen LogP contribution in [0.25, 0.3) is 5.65 Å². The SMILES string of the molecule is CN=C(NCCc1cn2ccccc2n1)NCc1cccc(OC)c1OC1CCCC1.I. The molecular formula is C24H32IN5O2. The van der Waals surface area contributed by atoms with Gasteiger partial charge < -0.3 is 24.5 Å². The van der Waals surface area contributed by atoms with E-state index in [2.05, 4.69) is 32.9 Å². The topological polar surface area (TPSA) is 72.2 Å². The molecule has 2 aromatic heterocycles. The van der Waals surface area contributed by atoms with Crippen LogP contribution in [-0.2, 0) is 13.0 Å². The molecule has 172 valence electrons. The van der Waals surface area contributed by atoms with Crippen LogP contribution in [-0.4, -0.2) is 42.2 Å². The molecule has 1 aliphatic carbocycles. The third kappa shape index (κ3) is 6.05. The molecule has 2 heterocycles. The van der Waals surface area contributed by atoms with E-state index in [1.807, 2.05) is 40.9 Å². The summed E-state index contributed by atoms with van der Waals surface area (Å²) in [6.45, 7) is 1.35. The minimum Gasteiger partial charge on any atom is -0.493 e. The van der Waals surface area contributed by atoms with Crippen molar-refractivity contribution in [2.45, 2.75) is 44.8 Å². The van der Waals surface area contributed by atoms with E-state index in [1.165, 1.54) is 12.8 Å². The van der Waals surface area contributed by atoms with Crippen molar-refractivity contribution < 1.29 is 9.47 Å². The normalized spacial score (nSPS) is 14.2. The number of benzene rings is 1. The van der Waals surface area contributed by atoms with Crippen molar-refractivity contribution in [3.05, 3.63) is 60.0 Å². The zero-order valence-corrected chi connectivity index (χ0v) is 21.0. The van der Waals surface area contributed by atoms with Gasteiger partial charge >= 0.3 is 0 Å². The van der Waals surface area contributed by atoms with Crippen LogP contribution in [0.3, 0.4) is 0 Å². The van der Waals surface area contributed by atoms with Crippen LogP contribution in [0.1, 0.15) is 36.9 Å². The molecule has 1 aromatic carbocycles. The summed E-state index contributed by atoms with van der Waals surface area (Å²) in [6, 6.07) is 12.0. The number of fused-ring (bicyclic) bond motifs is 1. The third-order valence-corrected chi connectivity index (χ3v) is 5.62. The first kappa shape index (κ1) is 24.2. The number of hydrogen-bond donors (Lipinski definition) is 2. The minimum absolute atomic E-state index is 0. The molecule has 0 atom stereocenters. The van der Waals surface area contributed by atoms with Crippen LogP contribution >= 0.6 is 24.0 Å². The second-order valence-electron chi connectivity index (χ2n) is 7.77. The van der Waals surface area contributed by atoms with Crippen molar-refractivity contribution in [1.29, 1.82) is 0 Å². The van der Waals surface area contributed by atoms with Gasteiger partial charge in [-0.3, -0.25) is 4.99 Å². The largest absolute Gasteiger partial charge is 0.493 e. The lowest BCUT2D eigenvalue weighted by Crippen LogP contribution is -2.38. The van der Waals surface area contributed by atoms with E-state index in [9.17, 15) is 0 Å². The zero-order chi connectivity index (χ0) is 21.5. The number of halogens is 1. The van der Waals surface area contributed by atoms with Gasteiger partial charge in [0, 0.05) is 44.5 Å². The van der Waals surface area contributed by atoms with Gasteiger partial charge in [-0.1, -0.05) is 18.2 Å². The van der Waals surface area contributed by atoms with Crippen LogP contribution in [0.4, 0.5) is 0 Å². The molecule has 0 saturated heterocycles. The van der Waals surface area contributed by atoms with Crippen molar-refractivity contribution >= 4 is 35.6 Å². The van der Waals surface area contributed by atoms with Gasteiger partial charge in [0.15, 0.2) is 17.5 Å². The molecule has 4 rings (SSSR count). The highest BCUT2D eigenvalue weighted by atomic mass is 127. The highest BCUT2D eigenvalue weighted by Crippen LogP contribution is 2.34. The fourth-order valence-corrected chi connectivity index (χ4v) is 3.98. The van der Waals surface area contributed by atoms with Crippen molar-refractivity contribution in [2.75, 3.05) is 20.7 Å². The van der Waals surface area contributed by atoms with E-state index in [-0.39, 0.29) is 30.1 Å². The molecule has 1 aliphatic rings. The average molecular weight is 549 g/mol. The van der Waals surface area contributed by atoms with Crippen LogP contribution in [0.5, 0.6) is 11.5 Å². The molecule has 0 aliphatic heterocycles. The quantitative estimate of drug-likeness (QED) is 0.251. The Morgan fingerprint density at radius 1 is 1.16 bits per heavy atom. The Morgan fingerprint density at radius 2 is 2.00 bits per heavy atom. The van der Waals surface area contributed by atoms with Gasteiger partial charge in [0.2, 0.25) is 0 Å². The standard InChI is InChI=1S/C24H31N5O2.HI/c1-25-24(26-14-13-19-17-29-15-6-5-12-22(29)28-19)27-16-18-8-7-11-21(30-2)23(18)31-20-9-3-4-10-20;/h5-8,11-12,15,17,20H,3-4,9-10,13-14,16H2,1-2H3,(H2,25,26,27);1H. The van der Waals surface area contributed by atoms with E-state index in [0.717, 1.165) is 60.2 Å². The first-order chi connectivity index (χ1) is 15.3. The maximum absolute atomic E-state index is 6.33. The lowest BCUT2D eigenvalue weighted by molar-refractivity contribution is 0.198. The van der Waals surface area contributed by atoms with Gasteiger partial charge in [-0.25, -0.2) is 4.98 Å².